The van der Waals surface area contributed by atoms with Gasteiger partial charge < -0.3 is 15.2 Å². The van der Waals surface area contributed by atoms with Crippen molar-refractivity contribution in [2.24, 2.45) is 5.73 Å². The van der Waals surface area contributed by atoms with Crippen LogP contribution >= 0.6 is 0 Å². The van der Waals surface area contributed by atoms with Gasteiger partial charge in [0.15, 0.2) is 0 Å². The summed E-state index contributed by atoms with van der Waals surface area (Å²) in [6.07, 6.45) is 2.12. The van der Waals surface area contributed by atoms with Crippen LogP contribution in [0.5, 0.6) is 11.5 Å². The van der Waals surface area contributed by atoms with Gasteiger partial charge in [-0.15, -0.1) is 0 Å². The molecule has 0 saturated carbocycles. The molecule has 74 valence electrons. The van der Waals surface area contributed by atoms with E-state index in [1.165, 1.54) is 5.56 Å². The van der Waals surface area contributed by atoms with Crippen LogP contribution in [0.2, 0.25) is 0 Å². The largest absolute Gasteiger partial charge is 0.493 e. The van der Waals surface area contributed by atoms with Gasteiger partial charge in [0, 0.05) is 11.1 Å². The van der Waals surface area contributed by atoms with Crippen LogP contribution in [-0.4, -0.2) is 13.2 Å². The molecule has 0 radical (unpaired) electrons. The lowest BCUT2D eigenvalue weighted by atomic mass is 10.00. The van der Waals surface area contributed by atoms with Crippen molar-refractivity contribution in [2.45, 2.75) is 18.9 Å². The fourth-order valence-electron chi connectivity index (χ4n) is 2.16. The van der Waals surface area contributed by atoms with Crippen LogP contribution < -0.4 is 15.2 Å². The molecule has 2 aliphatic heterocycles. The van der Waals surface area contributed by atoms with E-state index in [1.807, 2.05) is 12.1 Å². The Hall–Kier alpha value is -1.22. The number of hydrogen-bond acceptors (Lipinski definition) is 3. The first-order valence-corrected chi connectivity index (χ1v) is 5.03. The average molecular weight is 191 g/mol. The number of rotatable bonds is 0. The molecule has 0 spiro atoms. The molecule has 2 heterocycles. The molecule has 2 aliphatic rings. The Bertz CT molecular complexity index is 376. The zero-order valence-corrected chi connectivity index (χ0v) is 7.95. The highest BCUT2D eigenvalue weighted by molar-refractivity contribution is 5.53. The first-order valence-electron chi connectivity index (χ1n) is 5.03. The maximum atomic E-state index is 5.91. The Morgan fingerprint density at radius 2 is 2.21 bits per heavy atom. The summed E-state index contributed by atoms with van der Waals surface area (Å²) < 4.78 is 11.2. The standard InChI is InChI=1S/C11H13NO2/c12-9-6-14-11-7(9)3-4-10-8(11)2-1-5-13-10/h3-4,9H,1-2,5-6,12H2. The lowest BCUT2D eigenvalue weighted by Gasteiger charge is -2.19. The van der Waals surface area contributed by atoms with Gasteiger partial charge in [-0.25, -0.2) is 0 Å². The van der Waals surface area contributed by atoms with Crippen molar-refractivity contribution in [1.82, 2.24) is 0 Å². The highest BCUT2D eigenvalue weighted by Crippen LogP contribution is 2.41. The second-order valence-corrected chi connectivity index (χ2v) is 3.83. The molecule has 3 heteroatoms. The first kappa shape index (κ1) is 8.12. The molecule has 3 nitrogen and oxygen atoms in total. The van der Waals surface area contributed by atoms with Gasteiger partial charge in [0.2, 0.25) is 0 Å². The highest BCUT2D eigenvalue weighted by atomic mass is 16.5. The van der Waals surface area contributed by atoms with Crippen LogP contribution in [0.25, 0.3) is 0 Å². The van der Waals surface area contributed by atoms with Crippen LogP contribution in [0.15, 0.2) is 12.1 Å². The van der Waals surface area contributed by atoms with Crippen LogP contribution in [0, 0.1) is 0 Å². The molecule has 0 aliphatic carbocycles. The summed E-state index contributed by atoms with van der Waals surface area (Å²) >= 11 is 0. The zero-order valence-electron chi connectivity index (χ0n) is 7.95. The predicted octanol–water partition coefficient (Wildman–Crippen LogP) is 1.40. The Morgan fingerprint density at radius 3 is 3.14 bits per heavy atom. The Balaban J connectivity index is 2.15. The lowest BCUT2D eigenvalue weighted by molar-refractivity contribution is 0.278. The van der Waals surface area contributed by atoms with Gasteiger partial charge in [-0.2, -0.15) is 0 Å². The smallest absolute Gasteiger partial charge is 0.131 e. The normalized spacial score (nSPS) is 23.4. The summed E-state index contributed by atoms with van der Waals surface area (Å²) in [7, 11) is 0. The van der Waals surface area contributed by atoms with Gasteiger partial charge in [-0.1, -0.05) is 0 Å². The minimum Gasteiger partial charge on any atom is -0.493 e. The maximum absolute atomic E-state index is 5.91. The minimum absolute atomic E-state index is 0.0391. The molecule has 0 amide bonds. The second kappa shape index (κ2) is 2.89. The third-order valence-corrected chi connectivity index (χ3v) is 2.88. The fourth-order valence-corrected chi connectivity index (χ4v) is 2.16. The van der Waals surface area contributed by atoms with Crippen LogP contribution in [0.3, 0.4) is 0 Å². The molecule has 2 N–H and O–H groups in total. The van der Waals surface area contributed by atoms with E-state index >= 15 is 0 Å². The van der Waals surface area contributed by atoms with Crippen molar-refractivity contribution in [2.75, 3.05) is 13.2 Å². The lowest BCUT2D eigenvalue weighted by Crippen LogP contribution is -2.10. The monoisotopic (exact) mass is 191 g/mol. The molecular formula is C11H13NO2. The van der Waals surface area contributed by atoms with Crippen molar-refractivity contribution in [3.63, 3.8) is 0 Å². The third-order valence-electron chi connectivity index (χ3n) is 2.88. The molecule has 0 bridgehead atoms. The van der Waals surface area contributed by atoms with Gasteiger partial charge >= 0.3 is 0 Å². The van der Waals surface area contributed by atoms with E-state index in [1.54, 1.807) is 0 Å². The highest BCUT2D eigenvalue weighted by Gasteiger charge is 2.26. The molecule has 3 rings (SSSR count). The van der Waals surface area contributed by atoms with Gasteiger partial charge in [0.05, 0.1) is 12.6 Å². The van der Waals surface area contributed by atoms with E-state index in [0.717, 1.165) is 36.5 Å². The first-order chi connectivity index (χ1) is 6.86. The fraction of sp³-hybridized carbons (Fsp3) is 0.455. The SMILES string of the molecule is NC1COc2c1ccc1c2CCCO1. The van der Waals surface area contributed by atoms with E-state index in [2.05, 4.69) is 0 Å². The summed E-state index contributed by atoms with van der Waals surface area (Å²) in [4.78, 5) is 0. The molecular weight excluding hydrogens is 178 g/mol. The number of hydrogen-bond donors (Lipinski definition) is 1. The zero-order chi connectivity index (χ0) is 9.54. The molecule has 0 aromatic heterocycles. The van der Waals surface area contributed by atoms with E-state index in [4.69, 9.17) is 15.2 Å². The van der Waals surface area contributed by atoms with Gasteiger partial charge in [0.25, 0.3) is 0 Å². The number of nitrogens with two attached hydrogens (primary N) is 1. The quantitative estimate of drug-likeness (QED) is 0.674. The molecule has 1 unspecified atom stereocenters. The Morgan fingerprint density at radius 1 is 1.29 bits per heavy atom. The summed E-state index contributed by atoms with van der Waals surface area (Å²) in [6.45, 7) is 1.42. The molecule has 0 fully saturated rings. The van der Waals surface area contributed by atoms with Crippen molar-refractivity contribution >= 4 is 0 Å². The van der Waals surface area contributed by atoms with Crippen molar-refractivity contribution in [3.8, 4) is 11.5 Å². The van der Waals surface area contributed by atoms with E-state index < -0.39 is 0 Å². The molecule has 1 aromatic rings. The van der Waals surface area contributed by atoms with Crippen LogP contribution in [0.1, 0.15) is 23.6 Å². The molecule has 1 aromatic carbocycles. The number of fused-ring (bicyclic) bond motifs is 3. The summed E-state index contributed by atoms with van der Waals surface area (Å²) in [5.74, 6) is 1.96. The topological polar surface area (TPSA) is 44.5 Å². The Labute approximate surface area is 82.8 Å². The van der Waals surface area contributed by atoms with Crippen molar-refractivity contribution < 1.29 is 9.47 Å². The number of ether oxygens (including phenoxy) is 2. The number of benzene rings is 1. The maximum Gasteiger partial charge on any atom is 0.131 e. The molecule has 14 heavy (non-hydrogen) atoms. The van der Waals surface area contributed by atoms with Crippen molar-refractivity contribution in [1.29, 1.82) is 0 Å². The summed E-state index contributed by atoms with van der Waals surface area (Å²) in [6, 6.07) is 4.08. The summed E-state index contributed by atoms with van der Waals surface area (Å²) in [5, 5.41) is 0. The van der Waals surface area contributed by atoms with Crippen LogP contribution in [-0.2, 0) is 6.42 Å². The minimum atomic E-state index is 0.0391. The van der Waals surface area contributed by atoms with E-state index in [-0.39, 0.29) is 6.04 Å². The van der Waals surface area contributed by atoms with Gasteiger partial charge in [-0.05, 0) is 25.0 Å². The van der Waals surface area contributed by atoms with Crippen molar-refractivity contribution in [3.05, 3.63) is 23.3 Å². The predicted molar refractivity (Wildman–Crippen MR) is 52.7 cm³/mol. The Kier molecular flexibility index (Phi) is 1.67. The van der Waals surface area contributed by atoms with E-state index in [9.17, 15) is 0 Å². The van der Waals surface area contributed by atoms with Crippen LogP contribution in [0.4, 0.5) is 0 Å². The summed E-state index contributed by atoms with van der Waals surface area (Å²) in [5.41, 5.74) is 8.26. The average Bonchev–Trinajstić information content (AvgIpc) is 2.61. The van der Waals surface area contributed by atoms with Gasteiger partial charge in [0.1, 0.15) is 18.1 Å². The van der Waals surface area contributed by atoms with Gasteiger partial charge in [-0.3, -0.25) is 0 Å². The second-order valence-electron chi connectivity index (χ2n) is 3.83. The third kappa shape index (κ3) is 1.02. The molecule has 0 saturated heterocycles. The molecule has 1 atom stereocenters. The van der Waals surface area contributed by atoms with E-state index in [0.29, 0.717) is 6.61 Å².